The van der Waals surface area contributed by atoms with E-state index in [1.54, 1.807) is 11.8 Å². The lowest BCUT2D eigenvalue weighted by molar-refractivity contribution is 0.344. The molecule has 2 aromatic rings. The monoisotopic (exact) mass is 261 g/mol. The molecule has 2 N–H and O–H groups in total. The molecule has 0 amide bonds. The minimum absolute atomic E-state index is 0.617. The van der Waals surface area contributed by atoms with Gasteiger partial charge in [0.1, 0.15) is 5.75 Å². The van der Waals surface area contributed by atoms with E-state index in [1.807, 2.05) is 43.6 Å². The van der Waals surface area contributed by atoms with Crippen LogP contribution in [0.3, 0.4) is 0 Å². The molecular weight excluding hydrogens is 246 g/mol. The van der Waals surface area contributed by atoms with E-state index in [9.17, 15) is 0 Å². The van der Waals surface area contributed by atoms with Crippen molar-refractivity contribution < 1.29 is 4.74 Å². The van der Waals surface area contributed by atoms with E-state index in [0.717, 1.165) is 27.9 Å². The van der Waals surface area contributed by atoms with E-state index in [4.69, 9.17) is 10.5 Å². The molecule has 5 heteroatoms. The van der Waals surface area contributed by atoms with Crippen LogP contribution in [-0.2, 0) is 0 Å². The molecule has 0 bridgehead atoms. The summed E-state index contributed by atoms with van der Waals surface area (Å²) in [5.74, 6) is 1.64. The maximum Gasteiger partial charge on any atom is 0.187 e. The largest absolute Gasteiger partial charge is 0.493 e. The van der Waals surface area contributed by atoms with Crippen molar-refractivity contribution in [1.29, 1.82) is 0 Å². The van der Waals surface area contributed by atoms with E-state index < -0.39 is 0 Å². The number of hydrogen-bond donors (Lipinski definition) is 1. The van der Waals surface area contributed by atoms with Crippen LogP contribution in [0.25, 0.3) is 0 Å². The van der Waals surface area contributed by atoms with Crippen LogP contribution in [-0.4, -0.2) is 22.3 Å². The normalized spacial score (nSPS) is 10.3. The summed E-state index contributed by atoms with van der Waals surface area (Å²) in [5, 5.41) is 0.779. The number of aromatic nitrogens is 2. The summed E-state index contributed by atoms with van der Waals surface area (Å²) >= 11 is 1.58. The number of nitrogen functional groups attached to an aromatic ring is 1. The van der Waals surface area contributed by atoms with Gasteiger partial charge >= 0.3 is 0 Å². The van der Waals surface area contributed by atoms with E-state index in [1.165, 1.54) is 0 Å². The fourth-order valence-corrected chi connectivity index (χ4v) is 1.92. The van der Waals surface area contributed by atoms with Crippen molar-refractivity contribution >= 4 is 17.4 Å². The van der Waals surface area contributed by atoms with Crippen molar-refractivity contribution in [3.05, 3.63) is 42.2 Å². The highest BCUT2D eigenvalue weighted by Gasteiger charge is 1.98. The molecule has 0 aliphatic rings. The Morgan fingerprint density at radius 3 is 2.50 bits per heavy atom. The molecule has 0 radical (unpaired) electrons. The average molecular weight is 261 g/mol. The second kappa shape index (κ2) is 6.26. The lowest BCUT2D eigenvalue weighted by Crippen LogP contribution is -2.01. The third-order valence-electron chi connectivity index (χ3n) is 2.22. The van der Waals surface area contributed by atoms with Gasteiger partial charge in [-0.25, -0.2) is 9.97 Å². The number of benzene rings is 1. The zero-order valence-electron chi connectivity index (χ0n) is 10.2. The number of ether oxygens (including phenoxy) is 1. The molecule has 0 aliphatic carbocycles. The van der Waals surface area contributed by atoms with Gasteiger partial charge in [-0.3, -0.25) is 0 Å². The van der Waals surface area contributed by atoms with Gasteiger partial charge in [-0.05, 0) is 36.8 Å². The summed E-state index contributed by atoms with van der Waals surface area (Å²) in [6.45, 7) is 2.59. The second-order valence-electron chi connectivity index (χ2n) is 3.81. The summed E-state index contributed by atoms with van der Waals surface area (Å²) in [5.41, 5.74) is 7.40. The molecule has 0 fully saturated rings. The molecule has 94 valence electrons. The third kappa shape index (κ3) is 3.92. The molecule has 1 aromatic carbocycles. The second-order valence-corrected chi connectivity index (χ2v) is 4.87. The van der Waals surface area contributed by atoms with Gasteiger partial charge < -0.3 is 10.5 Å². The van der Waals surface area contributed by atoms with Crippen molar-refractivity contribution in [2.24, 2.45) is 0 Å². The van der Waals surface area contributed by atoms with Crippen LogP contribution < -0.4 is 10.5 Å². The standard InChI is InChI=1S/C13H15N3OS/c1-10-8-15-13(16-9-10)18-7-6-17-12-4-2-11(14)3-5-12/h2-5,8-9H,6-7,14H2,1H3. The molecule has 18 heavy (non-hydrogen) atoms. The quantitative estimate of drug-likeness (QED) is 0.388. The lowest BCUT2D eigenvalue weighted by Gasteiger charge is -2.05. The lowest BCUT2D eigenvalue weighted by atomic mass is 10.3. The zero-order chi connectivity index (χ0) is 12.8. The van der Waals surface area contributed by atoms with Crippen LogP contribution in [0.4, 0.5) is 5.69 Å². The van der Waals surface area contributed by atoms with Crippen molar-refractivity contribution in [1.82, 2.24) is 9.97 Å². The van der Waals surface area contributed by atoms with Crippen LogP contribution in [0.5, 0.6) is 5.75 Å². The molecule has 0 unspecified atom stereocenters. The minimum Gasteiger partial charge on any atom is -0.493 e. The van der Waals surface area contributed by atoms with Crippen LogP contribution in [0.15, 0.2) is 41.8 Å². The minimum atomic E-state index is 0.617. The topological polar surface area (TPSA) is 61.0 Å². The van der Waals surface area contributed by atoms with Gasteiger partial charge in [0.05, 0.1) is 6.61 Å². The van der Waals surface area contributed by atoms with Crippen molar-refractivity contribution in [2.45, 2.75) is 12.1 Å². The van der Waals surface area contributed by atoms with Crippen LogP contribution in [0.1, 0.15) is 5.56 Å². The van der Waals surface area contributed by atoms with Crippen molar-refractivity contribution in [2.75, 3.05) is 18.1 Å². The van der Waals surface area contributed by atoms with E-state index >= 15 is 0 Å². The maximum absolute atomic E-state index is 5.59. The first-order chi connectivity index (χ1) is 8.74. The number of nitrogens with zero attached hydrogens (tertiary/aromatic N) is 2. The van der Waals surface area contributed by atoms with Gasteiger partial charge in [0.25, 0.3) is 0 Å². The number of nitrogens with two attached hydrogens (primary N) is 1. The highest BCUT2D eigenvalue weighted by atomic mass is 32.2. The fourth-order valence-electron chi connectivity index (χ4n) is 1.31. The Morgan fingerprint density at radius 1 is 1.17 bits per heavy atom. The first-order valence-corrected chi connectivity index (χ1v) is 6.62. The molecule has 2 rings (SSSR count). The number of aryl methyl sites for hydroxylation is 1. The fraction of sp³-hybridized carbons (Fsp3) is 0.231. The molecule has 1 aromatic heterocycles. The Balaban J connectivity index is 1.73. The van der Waals surface area contributed by atoms with Gasteiger partial charge in [-0.2, -0.15) is 0 Å². The Hall–Kier alpha value is -1.75. The van der Waals surface area contributed by atoms with Gasteiger partial charge in [0, 0.05) is 23.8 Å². The van der Waals surface area contributed by atoms with Gasteiger partial charge in [0.2, 0.25) is 0 Å². The summed E-state index contributed by atoms with van der Waals surface area (Å²) in [7, 11) is 0. The molecule has 1 heterocycles. The van der Waals surface area contributed by atoms with Crippen molar-refractivity contribution in [3.8, 4) is 5.75 Å². The first-order valence-electron chi connectivity index (χ1n) is 5.64. The Bertz CT molecular complexity index is 437. The summed E-state index contributed by atoms with van der Waals surface area (Å²) in [6.07, 6.45) is 3.63. The average Bonchev–Trinajstić information content (AvgIpc) is 2.39. The molecule has 0 saturated heterocycles. The molecule has 4 nitrogen and oxygen atoms in total. The number of anilines is 1. The van der Waals surface area contributed by atoms with E-state index in [0.29, 0.717) is 6.61 Å². The summed E-state index contributed by atoms with van der Waals surface area (Å²) in [4.78, 5) is 8.43. The Morgan fingerprint density at radius 2 is 1.83 bits per heavy atom. The smallest absolute Gasteiger partial charge is 0.187 e. The van der Waals surface area contributed by atoms with Crippen LogP contribution >= 0.6 is 11.8 Å². The SMILES string of the molecule is Cc1cnc(SCCOc2ccc(N)cc2)nc1. The van der Waals surface area contributed by atoms with E-state index in [-0.39, 0.29) is 0 Å². The molecule has 0 atom stereocenters. The van der Waals surface area contributed by atoms with Gasteiger partial charge in [-0.1, -0.05) is 11.8 Å². The summed E-state index contributed by atoms with van der Waals surface area (Å²) < 4.78 is 5.57. The highest BCUT2D eigenvalue weighted by molar-refractivity contribution is 7.99. The van der Waals surface area contributed by atoms with Gasteiger partial charge in [0.15, 0.2) is 5.16 Å². The van der Waals surface area contributed by atoms with E-state index in [2.05, 4.69) is 9.97 Å². The molecular formula is C13H15N3OS. The van der Waals surface area contributed by atoms with Crippen LogP contribution in [0.2, 0.25) is 0 Å². The van der Waals surface area contributed by atoms with Crippen molar-refractivity contribution in [3.63, 3.8) is 0 Å². The Kier molecular flexibility index (Phi) is 4.41. The maximum atomic E-state index is 5.59. The number of rotatable bonds is 5. The van der Waals surface area contributed by atoms with Crippen LogP contribution in [0, 0.1) is 6.92 Å². The molecule has 0 aliphatic heterocycles. The molecule has 0 spiro atoms. The summed E-state index contributed by atoms with van der Waals surface area (Å²) in [6, 6.07) is 7.38. The zero-order valence-corrected chi connectivity index (χ0v) is 11.0. The van der Waals surface area contributed by atoms with Gasteiger partial charge in [-0.15, -0.1) is 0 Å². The first kappa shape index (κ1) is 12.7. The molecule has 0 saturated carbocycles. The Labute approximate surface area is 111 Å². The third-order valence-corrected chi connectivity index (χ3v) is 3.06. The predicted octanol–water partition coefficient (Wildman–Crippen LogP) is 2.54. The number of thioether (sulfide) groups is 1. The highest BCUT2D eigenvalue weighted by Crippen LogP contribution is 2.15. The predicted molar refractivity (Wildman–Crippen MR) is 73.8 cm³/mol. The number of hydrogen-bond acceptors (Lipinski definition) is 5.